The summed E-state index contributed by atoms with van der Waals surface area (Å²) in [6, 6.07) is 1.73. The van der Waals surface area contributed by atoms with Crippen molar-refractivity contribution in [1.82, 2.24) is 9.88 Å². The van der Waals surface area contributed by atoms with Crippen LogP contribution >= 0.6 is 0 Å². The Morgan fingerprint density at radius 2 is 2.10 bits per heavy atom. The molecule has 1 saturated carbocycles. The Balaban J connectivity index is 1.91. The van der Waals surface area contributed by atoms with Crippen molar-refractivity contribution in [3.63, 3.8) is 0 Å². The summed E-state index contributed by atoms with van der Waals surface area (Å²) in [5.74, 6) is -0.101. The molecule has 6 nitrogen and oxygen atoms in total. The SMILES string of the molecule is CN(CC(=O)c1cc([N+](=O)[O-])c[nH]1)C1CCC(C)(C)CC1. The van der Waals surface area contributed by atoms with Crippen LogP contribution in [-0.4, -0.2) is 40.2 Å². The fraction of sp³-hybridized carbons (Fsp3) is 0.667. The van der Waals surface area contributed by atoms with E-state index in [2.05, 4.69) is 23.7 Å². The number of likely N-dealkylation sites (N-methyl/N-ethyl adjacent to an activating group) is 1. The van der Waals surface area contributed by atoms with E-state index in [9.17, 15) is 14.9 Å². The quantitative estimate of drug-likeness (QED) is 0.514. The molecule has 21 heavy (non-hydrogen) atoms. The van der Waals surface area contributed by atoms with E-state index in [1.165, 1.54) is 25.1 Å². The number of hydrogen-bond donors (Lipinski definition) is 1. The largest absolute Gasteiger partial charge is 0.353 e. The number of carbonyl (C=O) groups excluding carboxylic acids is 1. The van der Waals surface area contributed by atoms with Crippen molar-refractivity contribution < 1.29 is 9.72 Å². The summed E-state index contributed by atoms with van der Waals surface area (Å²) in [7, 11) is 1.96. The fourth-order valence-electron chi connectivity index (χ4n) is 2.91. The predicted molar refractivity (Wildman–Crippen MR) is 80.4 cm³/mol. The maximum Gasteiger partial charge on any atom is 0.287 e. The van der Waals surface area contributed by atoms with Gasteiger partial charge in [0.1, 0.15) is 0 Å². The van der Waals surface area contributed by atoms with Gasteiger partial charge < -0.3 is 4.98 Å². The molecule has 1 fully saturated rings. The molecule has 116 valence electrons. The van der Waals surface area contributed by atoms with E-state index in [0.717, 1.165) is 12.8 Å². The maximum absolute atomic E-state index is 12.2. The predicted octanol–water partition coefficient (Wildman–Crippen LogP) is 3.01. The van der Waals surface area contributed by atoms with Crippen LogP contribution in [0.1, 0.15) is 50.0 Å². The molecule has 0 spiro atoms. The Bertz CT molecular complexity index is 526. The molecular formula is C15H23N3O3. The first kappa shape index (κ1) is 15.7. The Hall–Kier alpha value is -1.69. The Morgan fingerprint density at radius 1 is 1.48 bits per heavy atom. The zero-order chi connectivity index (χ0) is 15.6. The van der Waals surface area contributed by atoms with Gasteiger partial charge in [-0.15, -0.1) is 0 Å². The van der Waals surface area contributed by atoms with Crippen molar-refractivity contribution in [3.05, 3.63) is 28.1 Å². The van der Waals surface area contributed by atoms with Gasteiger partial charge in [0.15, 0.2) is 5.78 Å². The second-order valence-electron chi connectivity index (χ2n) is 6.76. The normalized spacial score (nSPS) is 18.9. The number of nitrogens with zero attached hydrogens (tertiary/aromatic N) is 2. The van der Waals surface area contributed by atoms with Gasteiger partial charge >= 0.3 is 0 Å². The zero-order valence-corrected chi connectivity index (χ0v) is 12.9. The van der Waals surface area contributed by atoms with Crippen LogP contribution in [0.4, 0.5) is 5.69 Å². The van der Waals surface area contributed by atoms with Crippen molar-refractivity contribution in [2.75, 3.05) is 13.6 Å². The number of hydrogen-bond acceptors (Lipinski definition) is 4. The van der Waals surface area contributed by atoms with Gasteiger partial charge in [-0.1, -0.05) is 13.8 Å². The molecular weight excluding hydrogens is 270 g/mol. The molecule has 1 aromatic heterocycles. The summed E-state index contributed by atoms with van der Waals surface area (Å²) in [6.45, 7) is 4.86. The highest BCUT2D eigenvalue weighted by molar-refractivity contribution is 5.96. The van der Waals surface area contributed by atoms with E-state index in [-0.39, 0.29) is 11.5 Å². The number of Topliss-reactive ketones (excluding diaryl/α,β-unsaturated/α-hetero) is 1. The van der Waals surface area contributed by atoms with Gasteiger partial charge in [-0.3, -0.25) is 19.8 Å². The van der Waals surface area contributed by atoms with Crippen molar-refractivity contribution in [2.45, 2.75) is 45.6 Å². The molecule has 1 heterocycles. The number of carbonyl (C=O) groups is 1. The van der Waals surface area contributed by atoms with E-state index < -0.39 is 4.92 Å². The maximum atomic E-state index is 12.2. The summed E-state index contributed by atoms with van der Waals surface area (Å²) < 4.78 is 0. The van der Waals surface area contributed by atoms with Gasteiger partial charge in [0.25, 0.3) is 5.69 Å². The highest BCUT2D eigenvalue weighted by Crippen LogP contribution is 2.36. The van der Waals surface area contributed by atoms with Crippen LogP contribution in [0.15, 0.2) is 12.3 Å². The summed E-state index contributed by atoms with van der Waals surface area (Å²) in [5, 5.41) is 10.6. The van der Waals surface area contributed by atoms with Gasteiger partial charge in [0.2, 0.25) is 0 Å². The average Bonchev–Trinajstić information content (AvgIpc) is 2.88. The smallest absolute Gasteiger partial charge is 0.287 e. The minimum Gasteiger partial charge on any atom is -0.353 e. The standard InChI is InChI=1S/C15H23N3O3/c1-15(2)6-4-11(5-7-15)17(3)10-14(19)13-8-12(9-16-13)18(20)21/h8-9,11,16H,4-7,10H2,1-3H3. The molecule has 0 bridgehead atoms. The summed E-state index contributed by atoms with van der Waals surface area (Å²) in [5.41, 5.74) is 0.645. The second-order valence-corrected chi connectivity index (χ2v) is 6.76. The monoisotopic (exact) mass is 293 g/mol. The molecule has 0 aliphatic heterocycles. The van der Waals surface area contributed by atoms with Gasteiger partial charge in [0, 0.05) is 12.1 Å². The summed E-state index contributed by atoms with van der Waals surface area (Å²) in [6.07, 6.45) is 5.80. The Kier molecular flexibility index (Phi) is 4.46. The lowest BCUT2D eigenvalue weighted by Gasteiger charge is -2.38. The molecule has 1 aromatic rings. The third-order valence-electron chi connectivity index (χ3n) is 4.50. The number of ketones is 1. The molecule has 1 aliphatic rings. The Morgan fingerprint density at radius 3 is 2.62 bits per heavy atom. The van der Waals surface area contributed by atoms with E-state index in [1.807, 2.05) is 7.05 Å². The van der Waals surface area contributed by atoms with Gasteiger partial charge in [0.05, 0.1) is 23.4 Å². The summed E-state index contributed by atoms with van der Waals surface area (Å²) in [4.78, 5) is 27.1. The first-order chi connectivity index (χ1) is 9.78. The highest BCUT2D eigenvalue weighted by atomic mass is 16.6. The molecule has 0 aromatic carbocycles. The fourth-order valence-corrected chi connectivity index (χ4v) is 2.91. The third kappa shape index (κ3) is 3.91. The number of nitrogens with one attached hydrogen (secondary N) is 1. The number of H-pyrrole nitrogens is 1. The minimum atomic E-state index is -0.500. The van der Waals surface area contributed by atoms with E-state index in [4.69, 9.17) is 0 Å². The van der Waals surface area contributed by atoms with Crippen LogP contribution in [-0.2, 0) is 0 Å². The van der Waals surface area contributed by atoms with Gasteiger partial charge in [-0.05, 0) is 38.1 Å². The van der Waals surface area contributed by atoms with E-state index in [0.29, 0.717) is 23.7 Å². The molecule has 0 amide bonds. The second kappa shape index (κ2) is 5.97. The van der Waals surface area contributed by atoms with E-state index >= 15 is 0 Å². The lowest BCUT2D eigenvalue weighted by Crippen LogP contribution is -2.39. The topological polar surface area (TPSA) is 79.2 Å². The number of nitro groups is 1. The highest BCUT2D eigenvalue weighted by Gasteiger charge is 2.29. The van der Waals surface area contributed by atoms with Gasteiger partial charge in [-0.2, -0.15) is 0 Å². The molecule has 2 rings (SSSR count). The zero-order valence-electron chi connectivity index (χ0n) is 12.9. The lowest BCUT2D eigenvalue weighted by molar-refractivity contribution is -0.384. The minimum absolute atomic E-state index is 0.0691. The van der Waals surface area contributed by atoms with Crippen molar-refractivity contribution in [2.24, 2.45) is 5.41 Å². The third-order valence-corrected chi connectivity index (χ3v) is 4.50. The van der Waals surface area contributed by atoms with Crippen molar-refractivity contribution in [3.8, 4) is 0 Å². The van der Waals surface area contributed by atoms with E-state index in [1.54, 1.807) is 0 Å². The van der Waals surface area contributed by atoms with Crippen LogP contribution in [0.25, 0.3) is 0 Å². The first-order valence-corrected chi connectivity index (χ1v) is 7.35. The molecule has 0 atom stereocenters. The number of aromatic amines is 1. The van der Waals surface area contributed by atoms with Crippen LogP contribution in [0.5, 0.6) is 0 Å². The van der Waals surface area contributed by atoms with Gasteiger partial charge in [-0.25, -0.2) is 0 Å². The molecule has 0 unspecified atom stereocenters. The van der Waals surface area contributed by atoms with Crippen molar-refractivity contribution in [1.29, 1.82) is 0 Å². The lowest BCUT2D eigenvalue weighted by atomic mass is 9.75. The van der Waals surface area contributed by atoms with Crippen molar-refractivity contribution >= 4 is 11.5 Å². The average molecular weight is 293 g/mol. The molecule has 6 heteroatoms. The number of rotatable bonds is 5. The molecule has 0 radical (unpaired) electrons. The van der Waals surface area contributed by atoms with Crippen LogP contribution in [0, 0.1) is 15.5 Å². The molecule has 1 aliphatic carbocycles. The van der Waals surface area contributed by atoms with Crippen LogP contribution < -0.4 is 0 Å². The number of aromatic nitrogens is 1. The first-order valence-electron chi connectivity index (χ1n) is 7.35. The Labute approximate surface area is 124 Å². The summed E-state index contributed by atoms with van der Waals surface area (Å²) >= 11 is 0. The molecule has 1 N–H and O–H groups in total. The van der Waals surface area contributed by atoms with Crippen LogP contribution in [0.3, 0.4) is 0 Å². The van der Waals surface area contributed by atoms with Crippen LogP contribution in [0.2, 0.25) is 0 Å². The molecule has 0 saturated heterocycles.